The number of unbranched alkanes of at least 4 members (excludes halogenated alkanes) is 1. The van der Waals surface area contributed by atoms with Gasteiger partial charge in [-0.2, -0.15) is 0 Å². The van der Waals surface area contributed by atoms with E-state index in [4.69, 9.17) is 18.9 Å². The molecule has 0 aromatic rings. The predicted octanol–water partition coefficient (Wildman–Crippen LogP) is 10.1. The summed E-state index contributed by atoms with van der Waals surface area (Å²) in [5.74, 6) is -0.383. The van der Waals surface area contributed by atoms with Crippen LogP contribution in [0.5, 0.6) is 0 Å². The zero-order valence-corrected chi connectivity index (χ0v) is 30.7. The Hall–Kier alpha value is -1.14. The van der Waals surface area contributed by atoms with Crippen LogP contribution in [0.15, 0.2) is 0 Å². The lowest BCUT2D eigenvalue weighted by molar-refractivity contribution is -0.198. The molecule has 6 heteroatoms. The quantitative estimate of drug-likeness (QED) is 0.0744. The maximum absolute atomic E-state index is 13.5. The molecule has 0 fully saturated rings. The second kappa shape index (κ2) is 16.3. The van der Waals surface area contributed by atoms with Gasteiger partial charge in [-0.15, -0.1) is 0 Å². The van der Waals surface area contributed by atoms with E-state index in [1.807, 2.05) is 13.8 Å². The lowest BCUT2D eigenvalue weighted by Crippen LogP contribution is -2.47. The summed E-state index contributed by atoms with van der Waals surface area (Å²) in [5.41, 5.74) is -1.57. The van der Waals surface area contributed by atoms with Gasteiger partial charge in [0.1, 0.15) is 0 Å². The summed E-state index contributed by atoms with van der Waals surface area (Å²) in [7, 11) is 0. The molecule has 0 bridgehead atoms. The topological polar surface area (TPSA) is 71.1 Å². The molecule has 0 amide bonds. The third-order valence-corrected chi connectivity index (χ3v) is 11.0. The van der Waals surface area contributed by atoms with E-state index in [9.17, 15) is 9.59 Å². The van der Waals surface area contributed by atoms with Gasteiger partial charge in [-0.25, -0.2) is 0 Å². The Labute approximate surface area is 260 Å². The van der Waals surface area contributed by atoms with Crippen molar-refractivity contribution in [2.24, 2.45) is 32.5 Å². The smallest absolute Gasteiger partial charge is 0.314 e. The molecule has 250 valence electrons. The Morgan fingerprint density at radius 2 is 0.810 bits per heavy atom. The minimum atomic E-state index is -0.623. The lowest BCUT2D eigenvalue weighted by atomic mass is 9.58. The number of hydrogen-bond donors (Lipinski definition) is 0. The van der Waals surface area contributed by atoms with E-state index in [0.717, 1.165) is 51.4 Å². The van der Waals surface area contributed by atoms with Crippen molar-refractivity contribution in [2.75, 3.05) is 13.2 Å². The van der Waals surface area contributed by atoms with E-state index in [-0.39, 0.29) is 33.6 Å². The van der Waals surface area contributed by atoms with Crippen LogP contribution >= 0.6 is 0 Å². The molecule has 0 aliphatic carbocycles. The summed E-state index contributed by atoms with van der Waals surface area (Å²) in [5, 5.41) is 0. The average molecular weight is 599 g/mol. The van der Waals surface area contributed by atoms with E-state index in [2.05, 4.69) is 83.1 Å². The molecule has 0 aliphatic rings. The van der Waals surface area contributed by atoms with Crippen molar-refractivity contribution < 1.29 is 28.5 Å². The fourth-order valence-corrected chi connectivity index (χ4v) is 5.45. The van der Waals surface area contributed by atoms with Gasteiger partial charge in [0.15, 0.2) is 12.6 Å². The van der Waals surface area contributed by atoms with Crippen molar-refractivity contribution in [3.8, 4) is 0 Å². The fraction of sp³-hybridized carbons (Fsp3) is 0.944. The molecule has 0 aliphatic heterocycles. The average Bonchev–Trinajstić information content (AvgIpc) is 2.89. The highest BCUT2D eigenvalue weighted by molar-refractivity contribution is 5.78. The first kappa shape index (κ1) is 40.9. The van der Waals surface area contributed by atoms with Crippen molar-refractivity contribution >= 4 is 11.9 Å². The molecular weight excluding hydrogens is 528 g/mol. The van der Waals surface area contributed by atoms with E-state index in [1.54, 1.807) is 13.8 Å². The number of hydrogen-bond acceptors (Lipinski definition) is 6. The molecule has 4 atom stereocenters. The normalized spacial score (nSPS) is 17.6. The molecule has 0 spiro atoms. The van der Waals surface area contributed by atoms with E-state index in [1.165, 1.54) is 0 Å². The summed E-state index contributed by atoms with van der Waals surface area (Å²) in [6.07, 6.45) is 5.51. The number of carbonyl (C=O) groups is 2. The van der Waals surface area contributed by atoms with Gasteiger partial charge in [0.25, 0.3) is 0 Å². The van der Waals surface area contributed by atoms with Gasteiger partial charge in [-0.05, 0) is 87.9 Å². The van der Waals surface area contributed by atoms with Gasteiger partial charge in [-0.3, -0.25) is 9.59 Å². The summed E-state index contributed by atoms with van der Waals surface area (Å²) < 4.78 is 23.4. The zero-order chi connectivity index (χ0) is 33.2. The summed E-state index contributed by atoms with van der Waals surface area (Å²) in [6, 6.07) is 0. The van der Waals surface area contributed by atoms with Gasteiger partial charge in [-0.1, -0.05) is 95.9 Å². The SMILES string of the molecule is CCC(C)(C)CC(C)(C(=O)OC(C)OCCCCOC(C)OC(=O)C(C)(CC(C)(C)CC)C(C)(C)CC)C(C)(C)CC. The standard InChI is InChI=1S/C36H70O6/c1-17-31(7,8)25-35(15,33(11,12)19-3)29(37)41-27(5)39-23-21-22-24-40-28(6)42-30(38)36(16,34(13,14)20-4)26-32(9,10)18-2/h27-28H,17-26H2,1-16H3. The van der Waals surface area contributed by atoms with Crippen LogP contribution in [0.3, 0.4) is 0 Å². The number of ether oxygens (including phenoxy) is 4. The second-order valence-corrected chi connectivity index (χ2v) is 15.9. The largest absolute Gasteiger partial charge is 0.436 e. The van der Waals surface area contributed by atoms with Gasteiger partial charge in [0.05, 0.1) is 24.0 Å². The fourth-order valence-electron chi connectivity index (χ4n) is 5.45. The van der Waals surface area contributed by atoms with Gasteiger partial charge in [0, 0.05) is 0 Å². The third-order valence-electron chi connectivity index (χ3n) is 11.0. The number of esters is 2. The van der Waals surface area contributed by atoms with E-state index >= 15 is 0 Å². The predicted molar refractivity (Wildman–Crippen MR) is 174 cm³/mol. The minimum Gasteiger partial charge on any atom is -0.436 e. The van der Waals surface area contributed by atoms with Crippen LogP contribution in [0.4, 0.5) is 0 Å². The molecule has 0 aromatic heterocycles. The number of rotatable bonds is 21. The summed E-state index contributed by atoms with van der Waals surface area (Å²) in [4.78, 5) is 26.9. The van der Waals surface area contributed by atoms with Crippen LogP contribution in [-0.4, -0.2) is 37.7 Å². The molecule has 0 rings (SSSR count). The Bertz CT molecular complexity index is 761. The zero-order valence-electron chi connectivity index (χ0n) is 30.7. The van der Waals surface area contributed by atoms with Gasteiger partial charge >= 0.3 is 11.9 Å². The Balaban J connectivity index is 4.87. The first-order valence-corrected chi connectivity index (χ1v) is 16.6. The molecule has 0 saturated heterocycles. The Morgan fingerprint density at radius 3 is 1.05 bits per heavy atom. The maximum atomic E-state index is 13.5. The first-order valence-electron chi connectivity index (χ1n) is 16.6. The van der Waals surface area contributed by atoms with Crippen LogP contribution in [0.25, 0.3) is 0 Å². The molecular formula is C36H70O6. The van der Waals surface area contributed by atoms with Crippen molar-refractivity contribution in [3.05, 3.63) is 0 Å². The summed E-state index contributed by atoms with van der Waals surface area (Å²) in [6.45, 7) is 34.6. The van der Waals surface area contributed by atoms with Crippen molar-refractivity contribution in [1.82, 2.24) is 0 Å². The van der Waals surface area contributed by atoms with Crippen LogP contribution < -0.4 is 0 Å². The van der Waals surface area contributed by atoms with Crippen LogP contribution in [0.2, 0.25) is 0 Å². The van der Waals surface area contributed by atoms with Crippen molar-refractivity contribution in [1.29, 1.82) is 0 Å². The minimum absolute atomic E-state index is 0.0344. The molecule has 6 nitrogen and oxygen atoms in total. The molecule has 4 unspecified atom stereocenters. The van der Waals surface area contributed by atoms with E-state index in [0.29, 0.717) is 13.2 Å². The highest BCUT2D eigenvalue weighted by Crippen LogP contribution is 2.51. The second-order valence-electron chi connectivity index (χ2n) is 15.9. The van der Waals surface area contributed by atoms with Gasteiger partial charge < -0.3 is 18.9 Å². The van der Waals surface area contributed by atoms with Crippen LogP contribution in [0, 0.1) is 32.5 Å². The molecule has 0 aromatic carbocycles. The van der Waals surface area contributed by atoms with Gasteiger partial charge in [0.2, 0.25) is 0 Å². The maximum Gasteiger partial charge on any atom is 0.314 e. The monoisotopic (exact) mass is 599 g/mol. The molecule has 0 heterocycles. The summed E-state index contributed by atoms with van der Waals surface area (Å²) >= 11 is 0. The molecule has 0 N–H and O–H groups in total. The molecule has 0 radical (unpaired) electrons. The lowest BCUT2D eigenvalue weighted by Gasteiger charge is -2.46. The number of carbonyl (C=O) groups excluding carboxylic acids is 2. The van der Waals surface area contributed by atoms with Crippen molar-refractivity contribution in [2.45, 2.75) is 175 Å². The van der Waals surface area contributed by atoms with Crippen LogP contribution in [0.1, 0.15) is 162 Å². The first-order chi connectivity index (χ1) is 19.0. The highest BCUT2D eigenvalue weighted by atomic mass is 16.7. The van der Waals surface area contributed by atoms with Crippen LogP contribution in [-0.2, 0) is 28.5 Å². The Morgan fingerprint density at radius 1 is 0.524 bits per heavy atom. The van der Waals surface area contributed by atoms with E-state index < -0.39 is 23.4 Å². The molecule has 42 heavy (non-hydrogen) atoms. The van der Waals surface area contributed by atoms with Crippen molar-refractivity contribution in [3.63, 3.8) is 0 Å². The third kappa shape index (κ3) is 11.4. The highest BCUT2D eigenvalue weighted by Gasteiger charge is 2.51. The Kier molecular flexibility index (Phi) is 15.8. The molecule has 0 saturated carbocycles.